The van der Waals surface area contributed by atoms with E-state index in [9.17, 15) is 5.11 Å². The molecular formula is C19H17Cl3NO2-. The minimum Gasteiger partial charge on any atom is -1.00 e. The van der Waals surface area contributed by atoms with Crippen molar-refractivity contribution in [2.24, 2.45) is 0 Å². The highest BCUT2D eigenvalue weighted by Crippen LogP contribution is 2.31. The first-order valence-electron chi connectivity index (χ1n) is 7.61. The number of hydrogen-bond donors (Lipinski definition) is 2. The average Bonchev–Trinajstić information content (AvgIpc) is 3.06. The number of furan rings is 1. The van der Waals surface area contributed by atoms with Crippen LogP contribution in [-0.4, -0.2) is 11.7 Å². The van der Waals surface area contributed by atoms with E-state index in [0.717, 1.165) is 16.9 Å². The Bertz CT molecular complexity index is 805. The fourth-order valence-electron chi connectivity index (χ4n) is 2.43. The third kappa shape index (κ3) is 5.24. The summed E-state index contributed by atoms with van der Waals surface area (Å²) >= 11 is 12.2. The Kier molecular flexibility index (Phi) is 7.36. The van der Waals surface area contributed by atoms with Gasteiger partial charge in [-0.2, -0.15) is 0 Å². The van der Waals surface area contributed by atoms with Crippen LogP contribution in [0.3, 0.4) is 0 Å². The standard InChI is InChI=1S/C19H17Cl2NO2.ClH/c20-14-6-8-17(21)16(10-14)19-9-7-15(24-19)11-22-12-18(23)13-4-2-1-3-5-13;/h1-10,18,22-23H,11-12H2;1H/p-1. The minimum atomic E-state index is -0.553. The van der Waals surface area contributed by atoms with Gasteiger partial charge < -0.3 is 27.2 Å². The lowest BCUT2D eigenvalue weighted by Gasteiger charge is -2.11. The van der Waals surface area contributed by atoms with E-state index >= 15 is 0 Å². The molecule has 0 saturated heterocycles. The predicted molar refractivity (Wildman–Crippen MR) is 97.3 cm³/mol. The van der Waals surface area contributed by atoms with Crippen LogP contribution >= 0.6 is 23.2 Å². The molecule has 0 aliphatic rings. The van der Waals surface area contributed by atoms with E-state index in [0.29, 0.717) is 28.9 Å². The molecule has 25 heavy (non-hydrogen) atoms. The lowest BCUT2D eigenvalue weighted by Crippen LogP contribution is -3.00. The first-order chi connectivity index (χ1) is 11.6. The number of benzene rings is 2. The largest absolute Gasteiger partial charge is 1.00 e. The molecule has 0 spiro atoms. The number of aliphatic hydroxyl groups is 1. The van der Waals surface area contributed by atoms with Crippen LogP contribution in [0.25, 0.3) is 11.3 Å². The highest BCUT2D eigenvalue weighted by Gasteiger charge is 2.10. The summed E-state index contributed by atoms with van der Waals surface area (Å²) in [6.45, 7) is 0.958. The van der Waals surface area contributed by atoms with Crippen LogP contribution in [0.5, 0.6) is 0 Å². The number of hydrogen-bond acceptors (Lipinski definition) is 3. The zero-order valence-corrected chi connectivity index (χ0v) is 15.5. The Morgan fingerprint density at radius 2 is 1.76 bits per heavy atom. The van der Waals surface area contributed by atoms with Gasteiger partial charge in [0.2, 0.25) is 0 Å². The molecule has 0 aliphatic carbocycles. The summed E-state index contributed by atoms with van der Waals surface area (Å²) in [5.41, 5.74) is 1.65. The monoisotopic (exact) mass is 396 g/mol. The SMILES string of the molecule is OC(CNCc1ccc(-c2cc(Cl)ccc2Cl)o1)c1ccccc1.[Cl-]. The topological polar surface area (TPSA) is 45.4 Å². The number of nitrogens with one attached hydrogen (secondary N) is 1. The van der Waals surface area contributed by atoms with Crippen LogP contribution in [0.4, 0.5) is 0 Å². The van der Waals surface area contributed by atoms with E-state index in [1.807, 2.05) is 42.5 Å². The third-order valence-electron chi connectivity index (χ3n) is 3.68. The molecular weight excluding hydrogens is 381 g/mol. The molecule has 1 atom stereocenters. The number of aliphatic hydroxyl groups excluding tert-OH is 1. The molecule has 0 saturated carbocycles. The van der Waals surface area contributed by atoms with Gasteiger partial charge >= 0.3 is 0 Å². The fraction of sp³-hybridized carbons (Fsp3) is 0.158. The van der Waals surface area contributed by atoms with Crippen molar-refractivity contribution in [2.45, 2.75) is 12.6 Å². The summed E-state index contributed by atoms with van der Waals surface area (Å²) in [4.78, 5) is 0. The summed E-state index contributed by atoms with van der Waals surface area (Å²) in [6, 6.07) is 18.6. The van der Waals surface area contributed by atoms with Crippen molar-refractivity contribution in [3.05, 3.63) is 82.0 Å². The smallest absolute Gasteiger partial charge is 0.135 e. The van der Waals surface area contributed by atoms with Crippen LogP contribution in [0.15, 0.2) is 65.1 Å². The maximum Gasteiger partial charge on any atom is 0.135 e. The first-order valence-corrected chi connectivity index (χ1v) is 8.37. The van der Waals surface area contributed by atoms with Crippen molar-refractivity contribution in [3.63, 3.8) is 0 Å². The first kappa shape index (κ1) is 19.8. The van der Waals surface area contributed by atoms with Crippen LogP contribution in [0.1, 0.15) is 17.4 Å². The third-order valence-corrected chi connectivity index (χ3v) is 4.24. The van der Waals surface area contributed by atoms with Gasteiger partial charge in [-0.15, -0.1) is 0 Å². The second kappa shape index (κ2) is 9.27. The molecule has 0 radical (unpaired) electrons. The van der Waals surface area contributed by atoms with Crippen LogP contribution < -0.4 is 17.7 Å². The van der Waals surface area contributed by atoms with Crippen LogP contribution in [-0.2, 0) is 6.54 Å². The Hall–Kier alpha value is -1.49. The van der Waals surface area contributed by atoms with Crippen molar-refractivity contribution in [1.29, 1.82) is 0 Å². The Morgan fingerprint density at radius 1 is 1.00 bits per heavy atom. The van der Waals surface area contributed by atoms with Gasteiger partial charge in [0, 0.05) is 17.1 Å². The normalized spacial score (nSPS) is 11.8. The van der Waals surface area contributed by atoms with E-state index in [4.69, 9.17) is 27.6 Å². The molecule has 1 heterocycles. The minimum absolute atomic E-state index is 0. The summed E-state index contributed by atoms with van der Waals surface area (Å²) in [5.74, 6) is 1.43. The molecule has 2 N–H and O–H groups in total. The van der Waals surface area contributed by atoms with E-state index in [-0.39, 0.29) is 12.4 Å². The summed E-state index contributed by atoms with van der Waals surface area (Å²) in [5, 5.41) is 14.5. The van der Waals surface area contributed by atoms with Gasteiger partial charge in [0.05, 0.1) is 17.7 Å². The molecule has 2 aromatic carbocycles. The number of halogens is 3. The lowest BCUT2D eigenvalue weighted by molar-refractivity contribution is -0.00000693. The second-order valence-electron chi connectivity index (χ2n) is 5.45. The van der Waals surface area contributed by atoms with E-state index in [1.54, 1.807) is 18.2 Å². The van der Waals surface area contributed by atoms with Gasteiger partial charge in [-0.25, -0.2) is 0 Å². The van der Waals surface area contributed by atoms with Crippen molar-refractivity contribution in [2.75, 3.05) is 6.54 Å². The van der Waals surface area contributed by atoms with Gasteiger partial charge in [-0.05, 0) is 35.9 Å². The summed E-state index contributed by atoms with van der Waals surface area (Å²) < 4.78 is 5.81. The molecule has 3 rings (SSSR count). The molecule has 3 aromatic rings. The summed E-state index contributed by atoms with van der Waals surface area (Å²) in [7, 11) is 0. The van der Waals surface area contributed by atoms with Gasteiger partial charge in [0.1, 0.15) is 11.5 Å². The van der Waals surface area contributed by atoms with Gasteiger partial charge in [-0.3, -0.25) is 0 Å². The maximum absolute atomic E-state index is 10.1. The van der Waals surface area contributed by atoms with E-state index in [1.165, 1.54) is 0 Å². The molecule has 1 aromatic heterocycles. The Labute approximate surface area is 163 Å². The average molecular weight is 398 g/mol. The molecule has 0 bridgehead atoms. The Morgan fingerprint density at radius 3 is 2.52 bits per heavy atom. The maximum atomic E-state index is 10.1. The van der Waals surface area contributed by atoms with Gasteiger partial charge in [0.25, 0.3) is 0 Å². The Balaban J connectivity index is 0.00000225. The molecule has 6 heteroatoms. The van der Waals surface area contributed by atoms with Crippen molar-refractivity contribution < 1.29 is 21.9 Å². The van der Waals surface area contributed by atoms with Crippen LogP contribution in [0, 0.1) is 0 Å². The lowest BCUT2D eigenvalue weighted by atomic mass is 10.1. The van der Waals surface area contributed by atoms with E-state index in [2.05, 4.69) is 5.32 Å². The van der Waals surface area contributed by atoms with Gasteiger partial charge in [0.15, 0.2) is 0 Å². The number of rotatable bonds is 6. The zero-order valence-electron chi connectivity index (χ0n) is 13.3. The molecule has 0 amide bonds. The van der Waals surface area contributed by atoms with Crippen molar-refractivity contribution >= 4 is 23.2 Å². The molecule has 1 unspecified atom stereocenters. The molecule has 0 aliphatic heterocycles. The fourth-order valence-corrected chi connectivity index (χ4v) is 2.81. The van der Waals surface area contributed by atoms with Crippen molar-refractivity contribution in [3.8, 4) is 11.3 Å². The van der Waals surface area contributed by atoms with Crippen molar-refractivity contribution in [1.82, 2.24) is 5.32 Å². The van der Waals surface area contributed by atoms with Gasteiger partial charge in [-0.1, -0.05) is 53.5 Å². The van der Waals surface area contributed by atoms with E-state index < -0.39 is 6.10 Å². The predicted octanol–water partition coefficient (Wildman–Crippen LogP) is 2.08. The second-order valence-corrected chi connectivity index (χ2v) is 6.29. The highest BCUT2D eigenvalue weighted by atomic mass is 35.5. The zero-order chi connectivity index (χ0) is 16.9. The highest BCUT2D eigenvalue weighted by molar-refractivity contribution is 6.35. The molecule has 3 nitrogen and oxygen atoms in total. The summed E-state index contributed by atoms with van der Waals surface area (Å²) in [6.07, 6.45) is -0.553. The van der Waals surface area contributed by atoms with Crippen LogP contribution in [0.2, 0.25) is 10.0 Å². The molecule has 132 valence electrons. The molecule has 0 fully saturated rings. The quantitative estimate of drug-likeness (QED) is 0.669.